The van der Waals surface area contributed by atoms with Crippen LogP contribution in [0.2, 0.25) is 0 Å². The van der Waals surface area contributed by atoms with Gasteiger partial charge in [0.1, 0.15) is 19.0 Å². The summed E-state index contributed by atoms with van der Waals surface area (Å²) in [6.45, 7) is 4.68. The second kappa shape index (κ2) is 4.45. The van der Waals surface area contributed by atoms with Crippen LogP contribution in [-0.4, -0.2) is 19.0 Å². The number of benzene rings is 1. The molecule has 1 aliphatic rings. The summed E-state index contributed by atoms with van der Waals surface area (Å²) < 4.78 is 12.0. The molecule has 86 valence electrons. The highest BCUT2D eigenvalue weighted by Crippen LogP contribution is 2.39. The lowest BCUT2D eigenvalue weighted by Crippen LogP contribution is -2.17. The van der Waals surface area contributed by atoms with E-state index in [4.69, 9.17) is 9.47 Å². The first kappa shape index (κ1) is 11.5. The summed E-state index contributed by atoms with van der Waals surface area (Å²) in [7, 11) is 0. The largest absolute Gasteiger partial charge is 0.486 e. The molecular formula is C12H13BrO3. The monoisotopic (exact) mass is 284 g/mol. The summed E-state index contributed by atoms with van der Waals surface area (Å²) in [6, 6.07) is 1.87. The van der Waals surface area contributed by atoms with E-state index in [0.29, 0.717) is 19.6 Å². The van der Waals surface area contributed by atoms with Gasteiger partial charge in [-0.05, 0) is 31.0 Å². The van der Waals surface area contributed by atoms with Crippen molar-refractivity contribution >= 4 is 21.7 Å². The van der Waals surface area contributed by atoms with Gasteiger partial charge in [-0.3, -0.25) is 4.79 Å². The molecule has 16 heavy (non-hydrogen) atoms. The first-order valence-electron chi connectivity index (χ1n) is 5.16. The van der Waals surface area contributed by atoms with Crippen LogP contribution >= 0.6 is 15.9 Å². The normalized spacial score (nSPS) is 13.7. The van der Waals surface area contributed by atoms with Gasteiger partial charge >= 0.3 is 0 Å². The lowest BCUT2D eigenvalue weighted by Gasteiger charge is -2.22. The molecule has 0 aliphatic carbocycles. The van der Waals surface area contributed by atoms with Crippen LogP contribution in [-0.2, 0) is 11.2 Å². The topological polar surface area (TPSA) is 35.5 Å². The third kappa shape index (κ3) is 2.07. The maximum Gasteiger partial charge on any atom is 0.164 e. The molecule has 0 radical (unpaired) electrons. The third-order valence-electron chi connectivity index (χ3n) is 2.58. The van der Waals surface area contributed by atoms with E-state index in [2.05, 4.69) is 15.9 Å². The summed E-state index contributed by atoms with van der Waals surface area (Å²) in [5.41, 5.74) is 1.97. The van der Waals surface area contributed by atoms with E-state index in [0.717, 1.165) is 27.1 Å². The van der Waals surface area contributed by atoms with Gasteiger partial charge < -0.3 is 9.47 Å². The highest BCUT2D eigenvalue weighted by atomic mass is 79.9. The third-order valence-corrected chi connectivity index (χ3v) is 3.28. The number of carbonyl (C=O) groups excluding carboxylic acids is 1. The average Bonchev–Trinajstić information content (AvgIpc) is 2.24. The molecule has 0 saturated carbocycles. The van der Waals surface area contributed by atoms with Crippen LogP contribution in [0, 0.1) is 6.92 Å². The summed E-state index contributed by atoms with van der Waals surface area (Å²) in [4.78, 5) is 11.2. The van der Waals surface area contributed by atoms with Crippen molar-refractivity contribution in [1.82, 2.24) is 0 Å². The van der Waals surface area contributed by atoms with Crippen molar-refractivity contribution in [3.05, 3.63) is 21.7 Å². The molecule has 0 N–H and O–H groups in total. The Morgan fingerprint density at radius 3 is 2.81 bits per heavy atom. The van der Waals surface area contributed by atoms with E-state index in [1.54, 1.807) is 6.92 Å². The van der Waals surface area contributed by atoms with E-state index < -0.39 is 0 Å². The fourth-order valence-electron chi connectivity index (χ4n) is 1.82. The Hall–Kier alpha value is -1.03. The number of carbonyl (C=O) groups is 1. The number of Topliss-reactive ketones (excluding diaryl/α,β-unsaturated/α-hetero) is 1. The van der Waals surface area contributed by atoms with Gasteiger partial charge in [0.2, 0.25) is 0 Å². The number of ether oxygens (including phenoxy) is 2. The van der Waals surface area contributed by atoms with Crippen molar-refractivity contribution in [1.29, 1.82) is 0 Å². The molecule has 0 aromatic heterocycles. The van der Waals surface area contributed by atoms with Crippen LogP contribution in [0.15, 0.2) is 10.5 Å². The van der Waals surface area contributed by atoms with Crippen molar-refractivity contribution in [2.45, 2.75) is 20.3 Å². The Morgan fingerprint density at radius 2 is 2.12 bits per heavy atom. The standard InChI is InChI=1S/C12H13BrO3/c1-7(14)5-9-8(2)12-11(6-10(9)13)15-3-4-16-12/h6H,3-5H2,1-2H3. The Bertz CT molecular complexity index is 440. The lowest BCUT2D eigenvalue weighted by molar-refractivity contribution is -0.116. The summed E-state index contributed by atoms with van der Waals surface area (Å²) >= 11 is 3.47. The molecule has 0 atom stereocenters. The molecule has 0 spiro atoms. The van der Waals surface area contributed by atoms with Gasteiger partial charge in [-0.2, -0.15) is 0 Å². The van der Waals surface area contributed by atoms with E-state index >= 15 is 0 Å². The van der Waals surface area contributed by atoms with Gasteiger partial charge in [-0.1, -0.05) is 15.9 Å². The maximum absolute atomic E-state index is 11.2. The van der Waals surface area contributed by atoms with Crippen LogP contribution in [0.4, 0.5) is 0 Å². The van der Waals surface area contributed by atoms with Gasteiger partial charge in [-0.25, -0.2) is 0 Å². The Balaban J connectivity index is 2.49. The van der Waals surface area contributed by atoms with Crippen molar-refractivity contribution in [2.24, 2.45) is 0 Å². The van der Waals surface area contributed by atoms with Crippen molar-refractivity contribution < 1.29 is 14.3 Å². The maximum atomic E-state index is 11.2. The first-order chi connectivity index (χ1) is 7.59. The van der Waals surface area contributed by atoms with Crippen LogP contribution < -0.4 is 9.47 Å². The van der Waals surface area contributed by atoms with Gasteiger partial charge in [0.15, 0.2) is 11.5 Å². The van der Waals surface area contributed by atoms with Crippen molar-refractivity contribution in [3.63, 3.8) is 0 Å². The Morgan fingerprint density at radius 1 is 1.44 bits per heavy atom. The molecule has 1 heterocycles. The number of hydrogen-bond donors (Lipinski definition) is 0. The zero-order valence-corrected chi connectivity index (χ0v) is 10.9. The number of halogens is 1. The molecule has 1 aromatic rings. The van der Waals surface area contributed by atoms with Gasteiger partial charge in [0.25, 0.3) is 0 Å². The molecule has 0 amide bonds. The van der Waals surface area contributed by atoms with E-state index in [1.807, 2.05) is 13.0 Å². The smallest absolute Gasteiger partial charge is 0.164 e. The van der Waals surface area contributed by atoms with E-state index in [9.17, 15) is 4.79 Å². The van der Waals surface area contributed by atoms with Crippen molar-refractivity contribution in [2.75, 3.05) is 13.2 Å². The van der Waals surface area contributed by atoms with Crippen LogP contribution in [0.25, 0.3) is 0 Å². The van der Waals surface area contributed by atoms with Crippen LogP contribution in [0.1, 0.15) is 18.1 Å². The molecule has 2 rings (SSSR count). The molecule has 1 aromatic carbocycles. The minimum Gasteiger partial charge on any atom is -0.486 e. The van der Waals surface area contributed by atoms with Gasteiger partial charge in [-0.15, -0.1) is 0 Å². The fraction of sp³-hybridized carbons (Fsp3) is 0.417. The lowest BCUT2D eigenvalue weighted by atomic mass is 10.0. The fourth-order valence-corrected chi connectivity index (χ4v) is 2.46. The molecule has 0 saturated heterocycles. The number of hydrogen-bond acceptors (Lipinski definition) is 3. The predicted octanol–water partition coefficient (Wildman–Crippen LogP) is 2.66. The molecule has 0 fully saturated rings. The zero-order valence-electron chi connectivity index (χ0n) is 9.30. The first-order valence-corrected chi connectivity index (χ1v) is 5.96. The molecule has 0 unspecified atom stereocenters. The summed E-state index contributed by atoms with van der Waals surface area (Å²) in [5, 5.41) is 0. The van der Waals surface area contributed by atoms with Crippen LogP contribution in [0.3, 0.4) is 0 Å². The van der Waals surface area contributed by atoms with Gasteiger partial charge in [0.05, 0.1) is 0 Å². The number of rotatable bonds is 2. The Labute approximate surface area is 103 Å². The minimum atomic E-state index is 0.139. The quantitative estimate of drug-likeness (QED) is 0.838. The molecular weight excluding hydrogens is 272 g/mol. The van der Waals surface area contributed by atoms with E-state index in [-0.39, 0.29) is 5.78 Å². The molecule has 1 aliphatic heterocycles. The predicted molar refractivity (Wildman–Crippen MR) is 64.3 cm³/mol. The van der Waals surface area contributed by atoms with Gasteiger partial charge in [0, 0.05) is 10.9 Å². The minimum absolute atomic E-state index is 0.139. The molecule has 0 bridgehead atoms. The van der Waals surface area contributed by atoms with Crippen molar-refractivity contribution in [3.8, 4) is 11.5 Å². The average molecular weight is 285 g/mol. The highest BCUT2D eigenvalue weighted by molar-refractivity contribution is 9.10. The second-order valence-corrected chi connectivity index (χ2v) is 4.72. The highest BCUT2D eigenvalue weighted by Gasteiger charge is 2.19. The van der Waals surface area contributed by atoms with E-state index in [1.165, 1.54) is 0 Å². The molecule has 3 nitrogen and oxygen atoms in total. The summed E-state index contributed by atoms with van der Waals surface area (Å²) in [6.07, 6.45) is 0.420. The zero-order chi connectivity index (χ0) is 11.7. The summed E-state index contributed by atoms with van der Waals surface area (Å²) in [5.74, 6) is 1.66. The van der Waals surface area contributed by atoms with Crippen LogP contribution in [0.5, 0.6) is 11.5 Å². The second-order valence-electron chi connectivity index (χ2n) is 3.86. The SMILES string of the molecule is CC(=O)Cc1c(Br)cc2c(c1C)OCCO2. The Kier molecular flexibility index (Phi) is 3.19. The number of ketones is 1. The number of fused-ring (bicyclic) bond motifs is 1. The molecule has 4 heteroatoms.